The van der Waals surface area contributed by atoms with Gasteiger partial charge in [-0.25, -0.2) is 0 Å². The molecule has 94 valence electrons. The van der Waals surface area contributed by atoms with E-state index in [2.05, 4.69) is 19.6 Å². The van der Waals surface area contributed by atoms with Crippen LogP contribution in [0.2, 0.25) is 0 Å². The number of nitro benzene ring substituents is 1. The van der Waals surface area contributed by atoms with Gasteiger partial charge in [-0.1, -0.05) is 19.1 Å². The van der Waals surface area contributed by atoms with E-state index in [0.717, 1.165) is 29.2 Å². The third kappa shape index (κ3) is 5.00. The average Bonchev–Trinajstić information content (AvgIpc) is 2.30. The summed E-state index contributed by atoms with van der Waals surface area (Å²) in [5, 5.41) is 10.8. The predicted octanol–water partition coefficient (Wildman–Crippen LogP) is 4.03. The minimum atomic E-state index is -0.320. The van der Waals surface area contributed by atoms with E-state index in [0.29, 0.717) is 5.92 Å². The molecule has 0 radical (unpaired) electrons. The van der Waals surface area contributed by atoms with Gasteiger partial charge in [-0.2, -0.15) is 12.6 Å². The second-order valence-electron chi connectivity index (χ2n) is 3.98. The maximum absolute atomic E-state index is 10.8. The molecule has 0 bridgehead atoms. The molecule has 1 atom stereocenters. The Kier molecular flexibility index (Phi) is 6.44. The molecule has 0 amide bonds. The maximum atomic E-state index is 10.8. The van der Waals surface area contributed by atoms with E-state index in [1.165, 1.54) is 0 Å². The molecule has 5 heteroatoms. The molecule has 1 aromatic carbocycles. The van der Waals surface area contributed by atoms with Crippen molar-refractivity contribution in [2.75, 3.05) is 11.5 Å². The lowest BCUT2D eigenvalue weighted by Gasteiger charge is -2.08. The first-order valence-electron chi connectivity index (χ1n) is 5.62. The van der Waals surface area contributed by atoms with Crippen LogP contribution in [0.5, 0.6) is 0 Å². The van der Waals surface area contributed by atoms with Gasteiger partial charge in [0.15, 0.2) is 0 Å². The van der Waals surface area contributed by atoms with Crippen molar-refractivity contribution < 1.29 is 4.92 Å². The van der Waals surface area contributed by atoms with Crippen LogP contribution in [0.25, 0.3) is 0 Å². The van der Waals surface area contributed by atoms with Gasteiger partial charge < -0.3 is 0 Å². The van der Waals surface area contributed by atoms with Gasteiger partial charge >= 0.3 is 0 Å². The summed E-state index contributed by atoms with van der Waals surface area (Å²) < 4.78 is 0. The number of thiol groups is 1. The molecule has 0 aliphatic carbocycles. The van der Waals surface area contributed by atoms with Crippen molar-refractivity contribution >= 4 is 30.1 Å². The predicted molar refractivity (Wildman–Crippen MR) is 76.1 cm³/mol. The summed E-state index contributed by atoms with van der Waals surface area (Å²) >= 11 is 5.76. The van der Waals surface area contributed by atoms with Crippen molar-refractivity contribution in [2.24, 2.45) is 5.92 Å². The summed E-state index contributed by atoms with van der Waals surface area (Å²) in [4.78, 5) is 11.2. The molecule has 17 heavy (non-hydrogen) atoms. The zero-order chi connectivity index (χ0) is 12.7. The molecule has 0 saturated carbocycles. The van der Waals surface area contributed by atoms with Crippen molar-refractivity contribution in [3.63, 3.8) is 0 Å². The van der Waals surface area contributed by atoms with Crippen LogP contribution in [0, 0.1) is 16.0 Å². The van der Waals surface area contributed by atoms with Crippen LogP contribution in [-0.4, -0.2) is 16.4 Å². The first kappa shape index (κ1) is 14.4. The van der Waals surface area contributed by atoms with Crippen LogP contribution in [0.1, 0.15) is 19.8 Å². The van der Waals surface area contributed by atoms with Gasteiger partial charge in [-0.15, -0.1) is 11.8 Å². The van der Waals surface area contributed by atoms with E-state index in [1.807, 2.05) is 12.1 Å². The maximum Gasteiger partial charge on any atom is 0.282 e. The van der Waals surface area contributed by atoms with Crippen LogP contribution < -0.4 is 0 Å². The molecular weight excluding hydrogens is 254 g/mol. The average molecular weight is 271 g/mol. The second-order valence-corrected chi connectivity index (χ2v) is 5.56. The van der Waals surface area contributed by atoms with Crippen LogP contribution in [-0.2, 0) is 0 Å². The lowest BCUT2D eigenvalue weighted by molar-refractivity contribution is -0.387. The Morgan fingerprint density at radius 1 is 1.41 bits per heavy atom. The summed E-state index contributed by atoms with van der Waals surface area (Å²) in [5.74, 6) is 2.44. The van der Waals surface area contributed by atoms with Gasteiger partial charge in [0.1, 0.15) is 0 Å². The molecular formula is C12H17NO2S2. The summed E-state index contributed by atoms with van der Waals surface area (Å²) in [7, 11) is 0. The molecule has 0 N–H and O–H groups in total. The highest BCUT2D eigenvalue weighted by molar-refractivity contribution is 7.99. The summed E-state index contributed by atoms with van der Waals surface area (Å²) in [6.45, 7) is 2.19. The fraction of sp³-hybridized carbons (Fsp3) is 0.500. The first-order chi connectivity index (χ1) is 8.15. The number of hydrogen-bond acceptors (Lipinski definition) is 4. The Bertz CT molecular complexity index is 371. The Morgan fingerprint density at radius 2 is 2.12 bits per heavy atom. The summed E-state index contributed by atoms with van der Waals surface area (Å²) in [6, 6.07) is 6.91. The van der Waals surface area contributed by atoms with Crippen molar-refractivity contribution in [1.82, 2.24) is 0 Å². The normalized spacial score (nSPS) is 12.4. The van der Waals surface area contributed by atoms with E-state index in [-0.39, 0.29) is 10.6 Å². The molecule has 0 aliphatic heterocycles. The lowest BCUT2D eigenvalue weighted by atomic mass is 10.1. The van der Waals surface area contributed by atoms with Crippen molar-refractivity contribution in [3.8, 4) is 0 Å². The zero-order valence-electron chi connectivity index (χ0n) is 9.83. The highest BCUT2D eigenvalue weighted by Gasteiger charge is 2.12. The third-order valence-corrected chi connectivity index (χ3v) is 3.91. The highest BCUT2D eigenvalue weighted by Crippen LogP contribution is 2.29. The van der Waals surface area contributed by atoms with Gasteiger partial charge in [0.25, 0.3) is 5.69 Å². The number of thioether (sulfide) groups is 1. The Balaban J connectivity index is 2.49. The molecule has 0 fully saturated rings. The molecule has 3 nitrogen and oxygen atoms in total. The number of nitrogens with zero attached hydrogens (tertiary/aromatic N) is 1. The highest BCUT2D eigenvalue weighted by atomic mass is 32.2. The van der Waals surface area contributed by atoms with Crippen LogP contribution >= 0.6 is 24.4 Å². The van der Waals surface area contributed by atoms with E-state index in [1.54, 1.807) is 23.9 Å². The lowest BCUT2D eigenvalue weighted by Crippen LogP contribution is -1.98. The molecule has 1 unspecified atom stereocenters. The second kappa shape index (κ2) is 7.61. The van der Waals surface area contributed by atoms with Gasteiger partial charge in [0, 0.05) is 6.07 Å². The van der Waals surface area contributed by atoms with E-state index < -0.39 is 0 Å². The van der Waals surface area contributed by atoms with Crippen molar-refractivity contribution in [1.29, 1.82) is 0 Å². The van der Waals surface area contributed by atoms with Crippen LogP contribution in [0.15, 0.2) is 29.2 Å². The summed E-state index contributed by atoms with van der Waals surface area (Å²) in [5.41, 5.74) is 0.208. The number of rotatable bonds is 7. The van der Waals surface area contributed by atoms with E-state index in [9.17, 15) is 10.1 Å². The fourth-order valence-corrected chi connectivity index (χ4v) is 3.11. The largest absolute Gasteiger partial charge is 0.282 e. The topological polar surface area (TPSA) is 43.1 Å². The Hall–Kier alpha value is -0.680. The quantitative estimate of drug-likeness (QED) is 0.352. The monoisotopic (exact) mass is 271 g/mol. The van der Waals surface area contributed by atoms with Crippen molar-refractivity contribution in [2.45, 2.75) is 24.7 Å². The molecule has 0 aromatic heterocycles. The van der Waals surface area contributed by atoms with Crippen molar-refractivity contribution in [3.05, 3.63) is 34.4 Å². The van der Waals surface area contributed by atoms with E-state index >= 15 is 0 Å². The molecule has 1 aromatic rings. The van der Waals surface area contributed by atoms with Gasteiger partial charge in [-0.3, -0.25) is 10.1 Å². The minimum absolute atomic E-state index is 0.208. The molecule has 1 rings (SSSR count). The fourth-order valence-electron chi connectivity index (χ4n) is 1.46. The minimum Gasteiger partial charge on any atom is -0.258 e. The van der Waals surface area contributed by atoms with Crippen LogP contribution in [0.3, 0.4) is 0 Å². The van der Waals surface area contributed by atoms with Gasteiger partial charge in [0.2, 0.25) is 0 Å². The molecule has 0 heterocycles. The molecule has 0 aliphatic rings. The van der Waals surface area contributed by atoms with Crippen LogP contribution in [0.4, 0.5) is 5.69 Å². The van der Waals surface area contributed by atoms with E-state index in [4.69, 9.17) is 0 Å². The Labute approximate surface area is 112 Å². The zero-order valence-corrected chi connectivity index (χ0v) is 11.5. The number of hydrogen-bond donors (Lipinski definition) is 1. The number of para-hydroxylation sites is 1. The molecule has 0 saturated heterocycles. The number of benzene rings is 1. The first-order valence-corrected chi connectivity index (χ1v) is 7.24. The Morgan fingerprint density at radius 3 is 2.76 bits per heavy atom. The smallest absolute Gasteiger partial charge is 0.258 e. The summed E-state index contributed by atoms with van der Waals surface area (Å²) in [6.07, 6.45) is 2.16. The van der Waals surface area contributed by atoms with Gasteiger partial charge in [0.05, 0.1) is 9.82 Å². The molecule has 0 spiro atoms. The van der Waals surface area contributed by atoms with Gasteiger partial charge in [-0.05, 0) is 36.3 Å². The number of nitro groups is 1. The standard InChI is InChI=1S/C12H17NO2S2/c1-10(6-8-16)7-9-17-12-5-3-2-4-11(12)13(14)15/h2-5,10,16H,6-9H2,1H3. The third-order valence-electron chi connectivity index (χ3n) is 2.55. The SMILES string of the molecule is CC(CCS)CCSc1ccccc1[N+](=O)[O-].